The number of pyridine rings is 1. The van der Waals surface area contributed by atoms with E-state index < -0.39 is 5.41 Å². The van der Waals surface area contributed by atoms with Gasteiger partial charge in [-0.05, 0) is 18.2 Å². The number of Topliss-reactive ketones (excluding diaryl/α,β-unsaturated/α-hetero) is 1. The van der Waals surface area contributed by atoms with E-state index in [1.807, 2.05) is 26.8 Å². The third-order valence-electron chi connectivity index (χ3n) is 4.41. The maximum absolute atomic E-state index is 12.7. The van der Waals surface area contributed by atoms with Crippen LogP contribution in [0.5, 0.6) is 0 Å². The van der Waals surface area contributed by atoms with Gasteiger partial charge in [-0.3, -0.25) is 14.6 Å². The average Bonchev–Trinajstić information content (AvgIpc) is 3.14. The molecule has 2 N–H and O–H groups in total. The number of aromatic amines is 1. The van der Waals surface area contributed by atoms with Crippen molar-refractivity contribution in [1.29, 1.82) is 5.26 Å². The number of likely N-dealkylation sites (N-methyl/N-ethyl adjacent to an activating group) is 1. The summed E-state index contributed by atoms with van der Waals surface area (Å²) in [6.45, 7) is 5.57. The zero-order valence-electron chi connectivity index (χ0n) is 18.0. The summed E-state index contributed by atoms with van der Waals surface area (Å²) in [4.78, 5) is 42.1. The van der Waals surface area contributed by atoms with Crippen LogP contribution in [0.3, 0.4) is 0 Å². The average molecular weight is 417 g/mol. The lowest BCUT2D eigenvalue weighted by Crippen LogP contribution is -2.22. The van der Waals surface area contributed by atoms with Crippen LogP contribution in [0.1, 0.15) is 36.8 Å². The van der Waals surface area contributed by atoms with Crippen molar-refractivity contribution in [2.45, 2.75) is 20.8 Å². The van der Waals surface area contributed by atoms with Gasteiger partial charge in [0.15, 0.2) is 11.4 Å². The standard InChI is InChI=1S/C22H23N7O2/c1-22(2,3)19(30)16-11-25-20-18(16)28-17(12-26-20)27-15-7-6-14(24-10-15)8-13(9-23)21(31)29(4)5/h6-8,10-12H,1-5H3,(H,25,26)(H,27,28)/b13-8-. The van der Waals surface area contributed by atoms with E-state index in [4.69, 9.17) is 0 Å². The summed E-state index contributed by atoms with van der Waals surface area (Å²) >= 11 is 0. The molecule has 3 rings (SSSR count). The molecular formula is C22H23N7O2. The number of hydrogen-bond donors (Lipinski definition) is 2. The third kappa shape index (κ3) is 4.75. The summed E-state index contributed by atoms with van der Waals surface area (Å²) in [7, 11) is 3.16. The molecule has 3 aromatic rings. The number of anilines is 2. The van der Waals surface area contributed by atoms with E-state index in [0.717, 1.165) is 0 Å². The number of carbonyl (C=O) groups excluding carboxylic acids is 2. The molecule has 0 saturated heterocycles. The maximum atomic E-state index is 12.7. The van der Waals surface area contributed by atoms with E-state index in [0.29, 0.717) is 33.9 Å². The third-order valence-corrected chi connectivity index (χ3v) is 4.41. The van der Waals surface area contributed by atoms with E-state index >= 15 is 0 Å². The molecule has 0 fully saturated rings. The maximum Gasteiger partial charge on any atom is 0.264 e. The molecule has 9 heteroatoms. The van der Waals surface area contributed by atoms with Crippen molar-refractivity contribution in [3.8, 4) is 6.07 Å². The number of carbonyl (C=O) groups is 2. The summed E-state index contributed by atoms with van der Waals surface area (Å²) in [6, 6.07) is 5.32. The highest BCUT2D eigenvalue weighted by molar-refractivity contribution is 6.08. The van der Waals surface area contributed by atoms with E-state index in [-0.39, 0.29) is 17.3 Å². The Labute approximate surface area is 179 Å². The van der Waals surface area contributed by atoms with Crippen molar-refractivity contribution >= 4 is 40.4 Å². The lowest BCUT2D eigenvalue weighted by Gasteiger charge is -2.15. The van der Waals surface area contributed by atoms with Gasteiger partial charge in [-0.1, -0.05) is 20.8 Å². The fraction of sp³-hybridized carbons (Fsp3) is 0.273. The first-order valence-electron chi connectivity index (χ1n) is 9.55. The lowest BCUT2D eigenvalue weighted by molar-refractivity contribution is -0.124. The highest BCUT2D eigenvalue weighted by Crippen LogP contribution is 2.26. The van der Waals surface area contributed by atoms with E-state index in [9.17, 15) is 14.9 Å². The molecule has 0 spiro atoms. The second-order valence-corrected chi connectivity index (χ2v) is 8.20. The molecule has 0 aliphatic rings. The van der Waals surface area contributed by atoms with Crippen molar-refractivity contribution in [3.05, 3.63) is 47.6 Å². The van der Waals surface area contributed by atoms with Gasteiger partial charge in [0, 0.05) is 25.7 Å². The molecule has 0 saturated carbocycles. The highest BCUT2D eigenvalue weighted by Gasteiger charge is 2.26. The van der Waals surface area contributed by atoms with Gasteiger partial charge in [-0.15, -0.1) is 0 Å². The number of nitrogens with zero attached hydrogens (tertiary/aromatic N) is 5. The Hall–Kier alpha value is -4.06. The number of ketones is 1. The van der Waals surface area contributed by atoms with Gasteiger partial charge in [-0.2, -0.15) is 5.26 Å². The molecule has 31 heavy (non-hydrogen) atoms. The zero-order chi connectivity index (χ0) is 22.8. The number of nitriles is 1. The first-order chi connectivity index (χ1) is 14.6. The summed E-state index contributed by atoms with van der Waals surface area (Å²) in [5.41, 5.74) is 2.10. The minimum atomic E-state index is -0.538. The smallest absolute Gasteiger partial charge is 0.264 e. The Morgan fingerprint density at radius 3 is 2.52 bits per heavy atom. The molecule has 158 valence electrons. The van der Waals surface area contributed by atoms with E-state index in [1.54, 1.807) is 44.8 Å². The normalized spacial score (nSPS) is 11.8. The molecule has 0 aliphatic carbocycles. The number of fused-ring (bicyclic) bond motifs is 1. The fourth-order valence-corrected chi connectivity index (χ4v) is 2.77. The molecule has 0 atom stereocenters. The van der Waals surface area contributed by atoms with Crippen molar-refractivity contribution in [3.63, 3.8) is 0 Å². The Balaban J connectivity index is 1.84. The fourth-order valence-electron chi connectivity index (χ4n) is 2.77. The zero-order valence-corrected chi connectivity index (χ0v) is 18.0. The predicted octanol–water partition coefficient (Wildman–Crippen LogP) is 3.32. The predicted molar refractivity (Wildman–Crippen MR) is 117 cm³/mol. The van der Waals surface area contributed by atoms with Crippen LogP contribution < -0.4 is 5.32 Å². The molecule has 0 unspecified atom stereocenters. The topological polar surface area (TPSA) is 128 Å². The SMILES string of the molecule is CN(C)C(=O)/C(C#N)=C\c1ccc(Nc2cnc3[nH]cc(C(=O)C(C)(C)C)c3n2)cn1. The second-order valence-electron chi connectivity index (χ2n) is 8.20. The van der Waals surface area contributed by atoms with E-state index in [1.165, 1.54) is 11.0 Å². The number of rotatable bonds is 5. The van der Waals surface area contributed by atoms with Crippen LogP contribution in [0.15, 0.2) is 36.3 Å². The van der Waals surface area contributed by atoms with Crippen molar-refractivity contribution < 1.29 is 9.59 Å². The molecular weight excluding hydrogens is 394 g/mol. The van der Waals surface area contributed by atoms with Crippen LogP contribution in [-0.2, 0) is 4.79 Å². The van der Waals surface area contributed by atoms with Crippen LogP contribution in [-0.4, -0.2) is 50.6 Å². The Morgan fingerprint density at radius 2 is 1.94 bits per heavy atom. The molecule has 0 radical (unpaired) electrons. The molecule has 0 aromatic carbocycles. The lowest BCUT2D eigenvalue weighted by atomic mass is 9.87. The van der Waals surface area contributed by atoms with E-state index in [2.05, 4.69) is 25.3 Å². The number of H-pyrrole nitrogens is 1. The van der Waals surface area contributed by atoms with Crippen LogP contribution in [0.2, 0.25) is 0 Å². The van der Waals surface area contributed by atoms with Crippen LogP contribution in [0, 0.1) is 16.7 Å². The monoisotopic (exact) mass is 417 g/mol. The van der Waals surface area contributed by atoms with Crippen LogP contribution in [0.4, 0.5) is 11.5 Å². The molecule has 1 amide bonds. The molecule has 3 aromatic heterocycles. The van der Waals surface area contributed by atoms with Gasteiger partial charge >= 0.3 is 0 Å². The number of aromatic nitrogens is 4. The van der Waals surface area contributed by atoms with Crippen molar-refractivity contribution in [2.24, 2.45) is 5.41 Å². The summed E-state index contributed by atoms with van der Waals surface area (Å²) in [5.74, 6) is 0.0476. The van der Waals surface area contributed by atoms with Gasteiger partial charge in [0.05, 0.1) is 29.3 Å². The van der Waals surface area contributed by atoms with Crippen LogP contribution in [0.25, 0.3) is 17.2 Å². The number of nitrogens with one attached hydrogen (secondary N) is 2. The first kappa shape index (κ1) is 21.6. The highest BCUT2D eigenvalue weighted by atomic mass is 16.2. The molecule has 0 aliphatic heterocycles. The molecule has 3 heterocycles. The largest absolute Gasteiger partial charge is 0.344 e. The second kappa shape index (κ2) is 8.36. The van der Waals surface area contributed by atoms with Crippen molar-refractivity contribution in [2.75, 3.05) is 19.4 Å². The minimum absolute atomic E-state index is 0.00182. The number of hydrogen-bond acceptors (Lipinski definition) is 7. The number of amides is 1. The van der Waals surface area contributed by atoms with Gasteiger partial charge in [0.2, 0.25) is 0 Å². The summed E-state index contributed by atoms with van der Waals surface area (Å²) in [6.07, 6.45) is 6.18. The van der Waals surface area contributed by atoms with Gasteiger partial charge in [0.1, 0.15) is 23.0 Å². The van der Waals surface area contributed by atoms with Gasteiger partial charge in [-0.25, -0.2) is 9.97 Å². The summed E-state index contributed by atoms with van der Waals surface area (Å²) in [5, 5.41) is 12.3. The Bertz CT molecular complexity index is 1210. The quantitative estimate of drug-likeness (QED) is 0.370. The molecule has 9 nitrogen and oxygen atoms in total. The first-order valence-corrected chi connectivity index (χ1v) is 9.55. The van der Waals surface area contributed by atoms with Gasteiger partial charge in [0.25, 0.3) is 5.91 Å². The van der Waals surface area contributed by atoms with Gasteiger partial charge < -0.3 is 15.2 Å². The molecule has 0 bridgehead atoms. The Kier molecular flexibility index (Phi) is 5.83. The Morgan fingerprint density at radius 1 is 1.19 bits per heavy atom. The van der Waals surface area contributed by atoms with Crippen LogP contribution >= 0.6 is 0 Å². The summed E-state index contributed by atoms with van der Waals surface area (Å²) < 4.78 is 0. The minimum Gasteiger partial charge on any atom is -0.344 e. The van der Waals surface area contributed by atoms with Crippen molar-refractivity contribution in [1.82, 2.24) is 24.8 Å².